The summed E-state index contributed by atoms with van der Waals surface area (Å²) < 4.78 is 5.16. The monoisotopic (exact) mass is 818 g/mol. The van der Waals surface area contributed by atoms with E-state index in [4.69, 9.17) is 0 Å². The van der Waals surface area contributed by atoms with Crippen LogP contribution in [0.1, 0.15) is 0 Å². The van der Waals surface area contributed by atoms with Gasteiger partial charge in [-0.1, -0.05) is 231 Å². The van der Waals surface area contributed by atoms with Crippen molar-refractivity contribution in [2.24, 2.45) is 0 Å². The van der Waals surface area contributed by atoms with E-state index in [2.05, 4.69) is 264 Å². The first-order valence-corrected chi connectivity index (χ1v) is 23.8. The lowest BCUT2D eigenvalue weighted by Crippen LogP contribution is -2.75. The maximum Gasteiger partial charge on any atom is 0.181 e. The summed E-state index contributed by atoms with van der Waals surface area (Å²) in [5, 5.41) is 10.3. The van der Waals surface area contributed by atoms with E-state index in [-0.39, 0.29) is 0 Å². The molecule has 0 saturated heterocycles. The van der Waals surface area contributed by atoms with Gasteiger partial charge in [0, 0.05) is 27.1 Å². The molecular weight excluding hydrogens is 777 g/mol. The molecule has 0 aliphatic rings. The molecule has 0 spiro atoms. The fourth-order valence-corrected chi connectivity index (χ4v) is 15.4. The topological polar surface area (TPSA) is 9.86 Å². The minimum atomic E-state index is -3.07. The van der Waals surface area contributed by atoms with Crippen LogP contribution in [0.5, 0.6) is 0 Å². The highest BCUT2D eigenvalue weighted by Gasteiger charge is 2.44. The molecule has 0 saturated carbocycles. The van der Waals surface area contributed by atoms with Crippen molar-refractivity contribution in [1.29, 1.82) is 0 Å². The Labute approximate surface area is 368 Å². The summed E-state index contributed by atoms with van der Waals surface area (Å²) in [6.07, 6.45) is 0. The average molecular weight is 819 g/mol. The first kappa shape index (κ1) is 36.8. The summed E-state index contributed by atoms with van der Waals surface area (Å²) >= 11 is 0. The van der Waals surface area contributed by atoms with Gasteiger partial charge < -0.3 is 9.13 Å². The van der Waals surface area contributed by atoms with E-state index in [0.29, 0.717) is 0 Å². The highest BCUT2D eigenvalue weighted by atomic mass is 28.3. The van der Waals surface area contributed by atoms with Gasteiger partial charge in [0.1, 0.15) is 0 Å². The summed E-state index contributed by atoms with van der Waals surface area (Å²) in [6.45, 7) is 0. The molecule has 3 heteroatoms. The molecule has 12 aromatic rings. The summed E-state index contributed by atoms with van der Waals surface area (Å²) in [5.74, 6) is 0. The van der Waals surface area contributed by atoms with Gasteiger partial charge in [0.15, 0.2) is 8.07 Å². The summed E-state index contributed by atoms with van der Waals surface area (Å²) in [4.78, 5) is 0. The third-order valence-corrected chi connectivity index (χ3v) is 17.9. The van der Waals surface area contributed by atoms with Gasteiger partial charge in [0.2, 0.25) is 0 Å². The molecule has 0 aliphatic heterocycles. The SMILES string of the molecule is c1ccc(-c2ccccc2-n2c3ccccc3c3cccc(-n4c5ccccc5c5c(-c6ccccc6)ccc([Si](c6ccccc6)(c6ccccc6)c6ccccc6)c54)c32)cc1. The standard InChI is InChI=1S/C60H42N2Si/c1-6-23-43(24-7-1)48-33-16-19-37-53(48)61-54-38-20-17-34-50(54)51-36-22-40-56(59(51)61)62-55-39-21-18-35-52(55)58-49(44-25-8-2-9-26-44)41-42-57(60(58)62)63(45-27-10-3-11-28-45,46-29-12-4-13-30-46)47-31-14-5-15-32-47/h1-42H. The minimum absolute atomic E-state index is 1.14. The van der Waals surface area contributed by atoms with Crippen molar-refractivity contribution in [3.63, 3.8) is 0 Å². The lowest BCUT2D eigenvalue weighted by molar-refractivity contribution is 1.13. The van der Waals surface area contributed by atoms with Crippen LogP contribution in [0.15, 0.2) is 255 Å². The summed E-state index contributed by atoms with van der Waals surface area (Å²) in [7, 11) is -3.07. The number of para-hydroxylation sites is 4. The molecule has 10 aromatic carbocycles. The predicted octanol–water partition coefficient (Wildman–Crippen LogP) is 12.6. The maximum atomic E-state index is 2.63. The van der Waals surface area contributed by atoms with Gasteiger partial charge in [-0.3, -0.25) is 0 Å². The van der Waals surface area contributed by atoms with E-state index in [1.807, 2.05) is 0 Å². The van der Waals surface area contributed by atoms with Gasteiger partial charge >= 0.3 is 0 Å². The molecule has 12 rings (SSSR count). The van der Waals surface area contributed by atoms with Gasteiger partial charge in [-0.25, -0.2) is 0 Å². The largest absolute Gasteiger partial charge is 0.307 e. The normalized spacial score (nSPS) is 11.8. The minimum Gasteiger partial charge on any atom is -0.307 e. The van der Waals surface area contributed by atoms with Crippen LogP contribution in [-0.2, 0) is 0 Å². The zero-order valence-corrected chi connectivity index (χ0v) is 35.6. The average Bonchev–Trinajstić information content (AvgIpc) is 3.90. The van der Waals surface area contributed by atoms with E-state index in [9.17, 15) is 0 Å². The molecule has 0 radical (unpaired) electrons. The van der Waals surface area contributed by atoms with Crippen molar-refractivity contribution in [2.45, 2.75) is 0 Å². The van der Waals surface area contributed by atoms with Crippen LogP contribution in [0, 0.1) is 0 Å². The summed E-state index contributed by atoms with van der Waals surface area (Å²) in [6, 6.07) is 94.4. The fraction of sp³-hybridized carbons (Fsp3) is 0. The van der Waals surface area contributed by atoms with Crippen LogP contribution >= 0.6 is 0 Å². The number of aromatic nitrogens is 2. The lowest BCUT2D eigenvalue weighted by Gasteiger charge is -2.35. The Kier molecular flexibility index (Phi) is 8.87. The zero-order valence-electron chi connectivity index (χ0n) is 34.6. The predicted molar refractivity (Wildman–Crippen MR) is 270 cm³/mol. The first-order chi connectivity index (χ1) is 31.3. The second-order valence-corrected chi connectivity index (χ2v) is 20.1. The number of nitrogens with zero attached hydrogens (tertiary/aromatic N) is 2. The maximum absolute atomic E-state index is 3.07. The highest BCUT2D eigenvalue weighted by molar-refractivity contribution is 7.20. The first-order valence-electron chi connectivity index (χ1n) is 21.8. The van der Waals surface area contributed by atoms with Crippen molar-refractivity contribution in [1.82, 2.24) is 9.13 Å². The molecular formula is C60H42N2Si. The third-order valence-electron chi connectivity index (χ3n) is 13.1. The van der Waals surface area contributed by atoms with Gasteiger partial charge in [-0.15, -0.1) is 0 Å². The molecule has 2 nitrogen and oxygen atoms in total. The van der Waals surface area contributed by atoms with Crippen molar-refractivity contribution >= 4 is 72.4 Å². The Hall–Kier alpha value is -7.98. The van der Waals surface area contributed by atoms with E-state index in [0.717, 1.165) is 11.4 Å². The van der Waals surface area contributed by atoms with Gasteiger partial charge in [-0.05, 0) is 61.7 Å². The van der Waals surface area contributed by atoms with Gasteiger partial charge in [-0.2, -0.15) is 0 Å². The molecule has 63 heavy (non-hydrogen) atoms. The van der Waals surface area contributed by atoms with Gasteiger partial charge in [0.25, 0.3) is 0 Å². The molecule has 0 amide bonds. The number of rotatable bonds is 8. The molecule has 2 aromatic heterocycles. The van der Waals surface area contributed by atoms with Crippen molar-refractivity contribution in [3.8, 4) is 33.6 Å². The lowest BCUT2D eigenvalue weighted by atomic mass is 9.99. The molecule has 2 heterocycles. The number of hydrogen-bond acceptors (Lipinski definition) is 0. The Morgan fingerprint density at radius 1 is 0.270 bits per heavy atom. The van der Waals surface area contributed by atoms with Crippen LogP contribution in [-0.4, -0.2) is 17.2 Å². The zero-order chi connectivity index (χ0) is 41.7. The molecule has 296 valence electrons. The highest BCUT2D eigenvalue weighted by Crippen LogP contribution is 2.43. The molecule has 0 bridgehead atoms. The van der Waals surface area contributed by atoms with Crippen molar-refractivity contribution in [3.05, 3.63) is 255 Å². The van der Waals surface area contributed by atoms with E-state index in [1.54, 1.807) is 0 Å². The Morgan fingerprint density at radius 2 is 0.698 bits per heavy atom. The second-order valence-electron chi connectivity index (χ2n) is 16.4. The third kappa shape index (κ3) is 5.71. The second kappa shape index (κ2) is 15.2. The molecule has 0 atom stereocenters. The molecule has 0 aliphatic carbocycles. The molecule has 0 N–H and O–H groups in total. The van der Waals surface area contributed by atoms with Crippen LogP contribution < -0.4 is 20.7 Å². The number of fused-ring (bicyclic) bond motifs is 6. The van der Waals surface area contributed by atoms with E-state index in [1.165, 1.54) is 86.6 Å². The number of hydrogen-bond donors (Lipinski definition) is 0. The quantitative estimate of drug-likeness (QED) is 0.107. The number of benzene rings is 10. The Bertz CT molecular complexity index is 3500. The van der Waals surface area contributed by atoms with E-state index >= 15 is 0 Å². The van der Waals surface area contributed by atoms with Crippen LogP contribution in [0.4, 0.5) is 0 Å². The summed E-state index contributed by atoms with van der Waals surface area (Å²) in [5.41, 5.74) is 11.9. The van der Waals surface area contributed by atoms with E-state index < -0.39 is 8.07 Å². The Balaban J connectivity index is 1.32. The Morgan fingerprint density at radius 3 is 1.30 bits per heavy atom. The van der Waals surface area contributed by atoms with Crippen molar-refractivity contribution in [2.75, 3.05) is 0 Å². The fourth-order valence-electron chi connectivity index (χ4n) is 10.5. The molecule has 0 fully saturated rings. The van der Waals surface area contributed by atoms with Crippen LogP contribution in [0.3, 0.4) is 0 Å². The van der Waals surface area contributed by atoms with Crippen LogP contribution in [0.2, 0.25) is 0 Å². The van der Waals surface area contributed by atoms with Crippen molar-refractivity contribution < 1.29 is 0 Å². The van der Waals surface area contributed by atoms with Gasteiger partial charge in [0.05, 0.1) is 33.4 Å². The van der Waals surface area contributed by atoms with Crippen LogP contribution in [0.25, 0.3) is 77.2 Å². The smallest absolute Gasteiger partial charge is 0.181 e. The molecule has 0 unspecified atom stereocenters.